The lowest BCUT2D eigenvalue weighted by Crippen LogP contribution is -2.20. The highest BCUT2D eigenvalue weighted by Gasteiger charge is 2.22. The zero-order chi connectivity index (χ0) is 18.8. The molecule has 0 aliphatic rings. The normalized spacial score (nSPS) is 10.7. The van der Waals surface area contributed by atoms with Crippen molar-refractivity contribution < 1.29 is 9.59 Å². The van der Waals surface area contributed by atoms with E-state index >= 15 is 0 Å². The lowest BCUT2D eigenvalue weighted by Gasteiger charge is -2.06. The number of aromatic amines is 1. The van der Waals surface area contributed by atoms with Crippen molar-refractivity contribution in [3.05, 3.63) is 71.3 Å². The highest BCUT2D eigenvalue weighted by Crippen LogP contribution is 2.26. The van der Waals surface area contributed by atoms with Crippen LogP contribution in [0.25, 0.3) is 10.2 Å². The predicted molar refractivity (Wildman–Crippen MR) is 106 cm³/mol. The van der Waals surface area contributed by atoms with Crippen LogP contribution in [0, 0.1) is 0 Å². The fraction of sp³-hybridized carbons (Fsp3) is 0. The Hall–Kier alpha value is -3.23. The summed E-state index contributed by atoms with van der Waals surface area (Å²) in [5.41, 5.74) is 1.23. The Labute approximate surface area is 162 Å². The summed E-state index contributed by atoms with van der Waals surface area (Å²) in [4.78, 5) is 36.1. The topological polar surface area (TPSA) is 99.8 Å². The van der Waals surface area contributed by atoms with Gasteiger partial charge in [0.1, 0.15) is 5.69 Å². The molecule has 2 heterocycles. The molecule has 4 rings (SSSR count). The van der Waals surface area contributed by atoms with E-state index in [4.69, 9.17) is 11.6 Å². The average molecular weight is 398 g/mol. The van der Waals surface area contributed by atoms with E-state index in [0.29, 0.717) is 15.8 Å². The summed E-state index contributed by atoms with van der Waals surface area (Å²) >= 11 is 7.40. The molecule has 0 atom stereocenters. The van der Waals surface area contributed by atoms with E-state index in [0.717, 1.165) is 10.2 Å². The van der Waals surface area contributed by atoms with Crippen LogP contribution in [-0.4, -0.2) is 26.8 Å². The van der Waals surface area contributed by atoms with Gasteiger partial charge in [-0.15, -0.1) is 0 Å². The Balaban J connectivity index is 1.54. The summed E-state index contributed by atoms with van der Waals surface area (Å²) < 4.78 is 0.953. The Kier molecular flexibility index (Phi) is 4.57. The lowest BCUT2D eigenvalue weighted by molar-refractivity contribution is 0.0985. The maximum atomic E-state index is 12.6. The third-order valence-corrected chi connectivity index (χ3v) is 5.00. The summed E-state index contributed by atoms with van der Waals surface area (Å²) in [6, 6.07) is 14.4. The van der Waals surface area contributed by atoms with Gasteiger partial charge in [-0.25, -0.2) is 9.97 Å². The fourth-order valence-corrected chi connectivity index (χ4v) is 3.51. The summed E-state index contributed by atoms with van der Waals surface area (Å²) in [6.45, 7) is 0. The molecule has 0 saturated carbocycles. The number of benzene rings is 2. The second-order valence-corrected chi connectivity index (χ2v) is 6.94. The molecule has 0 radical (unpaired) electrons. The zero-order valence-electron chi connectivity index (χ0n) is 13.7. The smallest absolute Gasteiger partial charge is 0.276 e. The molecule has 2 aromatic heterocycles. The number of H-pyrrole nitrogens is 1. The minimum absolute atomic E-state index is 0.0338. The number of nitrogens with one attached hydrogen (secondary N) is 3. The summed E-state index contributed by atoms with van der Waals surface area (Å²) in [6.07, 6.45) is 1.29. The van der Waals surface area contributed by atoms with Crippen molar-refractivity contribution in [3.8, 4) is 0 Å². The van der Waals surface area contributed by atoms with Crippen LogP contribution in [-0.2, 0) is 0 Å². The largest absolute Gasteiger partial charge is 0.340 e. The van der Waals surface area contributed by atoms with Crippen LogP contribution in [0.1, 0.15) is 21.0 Å². The SMILES string of the molecule is O=C(Nc1ccccc1Cl)c1nc[nH]c1C(=O)Nc1nc2ccccc2s1. The molecular formula is C18H12ClN5O2S. The van der Waals surface area contributed by atoms with Gasteiger partial charge < -0.3 is 10.3 Å². The van der Waals surface area contributed by atoms with Gasteiger partial charge in [0.2, 0.25) is 0 Å². The van der Waals surface area contributed by atoms with E-state index in [1.165, 1.54) is 17.7 Å². The second kappa shape index (κ2) is 7.18. The molecule has 7 nitrogen and oxygen atoms in total. The number of amides is 2. The van der Waals surface area contributed by atoms with Gasteiger partial charge in [-0.05, 0) is 24.3 Å². The minimum Gasteiger partial charge on any atom is -0.340 e. The third kappa shape index (κ3) is 3.53. The van der Waals surface area contributed by atoms with E-state index in [9.17, 15) is 9.59 Å². The molecule has 0 unspecified atom stereocenters. The maximum absolute atomic E-state index is 12.6. The molecule has 0 aliphatic carbocycles. The fourth-order valence-electron chi connectivity index (χ4n) is 2.47. The van der Waals surface area contributed by atoms with E-state index in [1.54, 1.807) is 24.3 Å². The molecule has 9 heteroatoms. The molecule has 0 bridgehead atoms. The molecule has 134 valence electrons. The number of carbonyl (C=O) groups is 2. The number of fused-ring (bicyclic) bond motifs is 1. The Morgan fingerprint density at radius 2 is 1.78 bits per heavy atom. The molecule has 3 N–H and O–H groups in total. The van der Waals surface area contributed by atoms with E-state index in [-0.39, 0.29) is 11.4 Å². The molecule has 2 amide bonds. The second-order valence-electron chi connectivity index (χ2n) is 5.50. The number of carbonyl (C=O) groups excluding carboxylic acids is 2. The number of hydrogen-bond acceptors (Lipinski definition) is 5. The van der Waals surface area contributed by atoms with Crippen molar-refractivity contribution in [1.29, 1.82) is 0 Å². The van der Waals surface area contributed by atoms with E-state index < -0.39 is 11.8 Å². The minimum atomic E-state index is -0.543. The molecule has 0 fully saturated rings. The van der Waals surface area contributed by atoms with Gasteiger partial charge in [0.25, 0.3) is 11.8 Å². The highest BCUT2D eigenvalue weighted by atomic mass is 35.5. The molecule has 4 aromatic rings. The summed E-state index contributed by atoms with van der Waals surface area (Å²) in [5.74, 6) is -1.05. The first kappa shape index (κ1) is 17.2. The summed E-state index contributed by atoms with van der Waals surface area (Å²) in [5, 5.41) is 6.17. The van der Waals surface area contributed by atoms with Crippen molar-refractivity contribution in [2.75, 3.05) is 10.6 Å². The molecular weight excluding hydrogens is 386 g/mol. The number of imidazole rings is 1. The van der Waals surface area contributed by atoms with Gasteiger partial charge in [0.15, 0.2) is 10.8 Å². The van der Waals surface area contributed by atoms with Gasteiger partial charge in [0, 0.05) is 0 Å². The lowest BCUT2D eigenvalue weighted by atomic mass is 10.2. The predicted octanol–water partition coefficient (Wildman–Crippen LogP) is 4.18. The number of thiazole rings is 1. The number of halogens is 1. The van der Waals surface area contributed by atoms with Gasteiger partial charge in [-0.1, -0.05) is 47.2 Å². The van der Waals surface area contributed by atoms with Crippen LogP contribution >= 0.6 is 22.9 Å². The Morgan fingerprint density at radius 1 is 1.00 bits per heavy atom. The van der Waals surface area contributed by atoms with Gasteiger partial charge in [-0.3, -0.25) is 14.9 Å². The quantitative estimate of drug-likeness (QED) is 0.481. The van der Waals surface area contributed by atoms with Crippen molar-refractivity contribution in [2.45, 2.75) is 0 Å². The van der Waals surface area contributed by atoms with Crippen LogP contribution in [0.2, 0.25) is 5.02 Å². The van der Waals surface area contributed by atoms with Gasteiger partial charge >= 0.3 is 0 Å². The Bertz CT molecular complexity index is 1120. The molecule has 0 saturated heterocycles. The maximum Gasteiger partial charge on any atom is 0.276 e. The molecule has 2 aromatic carbocycles. The van der Waals surface area contributed by atoms with Crippen LogP contribution in [0.3, 0.4) is 0 Å². The molecule has 0 spiro atoms. The van der Waals surface area contributed by atoms with Crippen molar-refractivity contribution in [3.63, 3.8) is 0 Å². The van der Waals surface area contributed by atoms with Crippen LogP contribution in [0.4, 0.5) is 10.8 Å². The molecule has 0 aliphatic heterocycles. The number of aromatic nitrogens is 3. The first-order chi connectivity index (χ1) is 13.1. The van der Waals surface area contributed by atoms with E-state index in [1.807, 2.05) is 24.3 Å². The number of rotatable bonds is 4. The van der Waals surface area contributed by atoms with Crippen LogP contribution < -0.4 is 10.6 Å². The average Bonchev–Trinajstić information content (AvgIpc) is 3.29. The van der Waals surface area contributed by atoms with Crippen molar-refractivity contribution in [2.24, 2.45) is 0 Å². The van der Waals surface area contributed by atoms with Crippen molar-refractivity contribution >= 4 is 55.8 Å². The monoisotopic (exact) mass is 397 g/mol. The third-order valence-electron chi connectivity index (χ3n) is 3.72. The van der Waals surface area contributed by atoms with Crippen LogP contribution in [0.15, 0.2) is 54.9 Å². The van der Waals surface area contributed by atoms with Crippen molar-refractivity contribution in [1.82, 2.24) is 15.0 Å². The number of para-hydroxylation sites is 2. The Morgan fingerprint density at radius 3 is 2.59 bits per heavy atom. The first-order valence-corrected chi connectivity index (χ1v) is 9.07. The zero-order valence-corrected chi connectivity index (χ0v) is 15.3. The van der Waals surface area contributed by atoms with Gasteiger partial charge in [0.05, 0.1) is 27.3 Å². The summed E-state index contributed by atoms with van der Waals surface area (Å²) in [7, 11) is 0. The highest BCUT2D eigenvalue weighted by molar-refractivity contribution is 7.22. The van der Waals surface area contributed by atoms with Crippen LogP contribution in [0.5, 0.6) is 0 Å². The standard InChI is InChI=1S/C18H12ClN5O2S/c19-10-5-1-2-6-11(10)22-16(25)14-15(21-9-20-14)17(26)24-18-23-12-7-3-4-8-13(12)27-18/h1-9H,(H,20,21)(H,22,25)(H,23,24,26). The number of nitrogens with zero attached hydrogens (tertiary/aromatic N) is 2. The first-order valence-electron chi connectivity index (χ1n) is 7.88. The molecule has 27 heavy (non-hydrogen) atoms. The number of anilines is 2. The van der Waals surface area contributed by atoms with Gasteiger partial charge in [-0.2, -0.15) is 0 Å². The number of hydrogen-bond donors (Lipinski definition) is 3. The van der Waals surface area contributed by atoms with E-state index in [2.05, 4.69) is 25.6 Å².